The quantitative estimate of drug-likeness (QED) is 0.272. The molecule has 1 aliphatic rings. The summed E-state index contributed by atoms with van der Waals surface area (Å²) in [6.45, 7) is 5.40. The van der Waals surface area contributed by atoms with Crippen LogP contribution in [0.1, 0.15) is 26.2 Å². The number of fused-ring (bicyclic) bond motifs is 1. The van der Waals surface area contributed by atoms with E-state index in [4.69, 9.17) is 17.0 Å². The molecule has 0 aliphatic heterocycles. The van der Waals surface area contributed by atoms with Crippen molar-refractivity contribution in [2.45, 2.75) is 26.2 Å². The zero-order chi connectivity index (χ0) is 26.4. The van der Waals surface area contributed by atoms with Crippen molar-refractivity contribution in [3.63, 3.8) is 0 Å². The third-order valence-corrected chi connectivity index (χ3v) is 5.42. The third kappa shape index (κ3) is 7.31. The summed E-state index contributed by atoms with van der Waals surface area (Å²) < 4.78 is 21.7. The summed E-state index contributed by atoms with van der Waals surface area (Å²) in [5.41, 5.74) is 1.69. The maximum Gasteiger partial charge on any atom is 0.237 e. The Morgan fingerprint density at radius 3 is 2.78 bits per heavy atom. The van der Waals surface area contributed by atoms with Crippen LogP contribution in [-0.4, -0.2) is 31.5 Å². The molecule has 0 spiro atoms. The van der Waals surface area contributed by atoms with Crippen molar-refractivity contribution in [1.29, 1.82) is 0 Å². The van der Waals surface area contributed by atoms with E-state index in [1.165, 1.54) is 16.6 Å². The minimum Gasteiger partial charge on any atom is -0.434 e. The van der Waals surface area contributed by atoms with Crippen LogP contribution in [0.5, 0.6) is 11.6 Å². The Morgan fingerprint density at radius 2 is 2.05 bits per heavy atom. The highest BCUT2D eigenvalue weighted by atomic mass is 32.1. The Balaban J connectivity index is 1.34. The number of ether oxygens (including phenoxy) is 1. The third-order valence-electron chi connectivity index (χ3n) is 5.22. The van der Waals surface area contributed by atoms with Crippen LogP contribution < -0.4 is 20.7 Å². The number of carbonyl (C=O) groups is 2. The van der Waals surface area contributed by atoms with Gasteiger partial charge in [0, 0.05) is 30.2 Å². The van der Waals surface area contributed by atoms with Crippen molar-refractivity contribution >= 4 is 46.3 Å². The molecule has 37 heavy (non-hydrogen) atoms. The van der Waals surface area contributed by atoms with Gasteiger partial charge in [0.25, 0.3) is 0 Å². The fraction of sp³-hybridized carbons (Fsp3) is 0.192. The number of imidazole rings is 1. The van der Waals surface area contributed by atoms with Gasteiger partial charge in [-0.15, -0.1) is 5.10 Å². The molecule has 0 unspecified atom stereocenters. The van der Waals surface area contributed by atoms with E-state index in [1.807, 2.05) is 6.92 Å². The molecular formula is C26H25FN6O3S. The molecule has 2 aromatic heterocycles. The SMILES string of the molecule is C=C/C=C\C=C(/C)CC(=O)NC(=S)Nc1ccc(Oc2ccc3nc(NC(=O)C4CC4)cn3n2)c(F)c1. The number of aromatic nitrogens is 3. The monoisotopic (exact) mass is 520 g/mol. The van der Waals surface area contributed by atoms with Gasteiger partial charge in [-0.1, -0.05) is 36.5 Å². The summed E-state index contributed by atoms with van der Waals surface area (Å²) in [6, 6.07) is 7.37. The maximum absolute atomic E-state index is 14.7. The van der Waals surface area contributed by atoms with E-state index in [9.17, 15) is 14.0 Å². The van der Waals surface area contributed by atoms with Crippen molar-refractivity contribution in [2.75, 3.05) is 10.6 Å². The first-order valence-electron chi connectivity index (χ1n) is 11.5. The number of amides is 2. The summed E-state index contributed by atoms with van der Waals surface area (Å²) in [6.07, 6.45) is 10.5. The lowest BCUT2D eigenvalue weighted by Crippen LogP contribution is -2.34. The highest BCUT2D eigenvalue weighted by Gasteiger charge is 2.30. The number of benzene rings is 1. The van der Waals surface area contributed by atoms with Crippen LogP contribution in [0, 0.1) is 11.7 Å². The van der Waals surface area contributed by atoms with Gasteiger partial charge in [-0.3, -0.25) is 9.59 Å². The Hall–Kier alpha value is -4.38. The largest absolute Gasteiger partial charge is 0.434 e. The number of thiocarbonyl (C=S) groups is 1. The molecule has 1 saturated carbocycles. The number of halogens is 1. The molecule has 11 heteroatoms. The van der Waals surface area contributed by atoms with Gasteiger partial charge in [0.2, 0.25) is 17.7 Å². The molecule has 2 heterocycles. The average molecular weight is 521 g/mol. The number of nitrogens with one attached hydrogen (secondary N) is 3. The van der Waals surface area contributed by atoms with Gasteiger partial charge in [0.15, 0.2) is 28.1 Å². The van der Waals surface area contributed by atoms with Gasteiger partial charge >= 0.3 is 0 Å². The van der Waals surface area contributed by atoms with Crippen LogP contribution in [0.2, 0.25) is 0 Å². The molecule has 4 rings (SSSR count). The fourth-order valence-corrected chi connectivity index (χ4v) is 3.50. The van der Waals surface area contributed by atoms with Crippen molar-refractivity contribution in [2.24, 2.45) is 5.92 Å². The van der Waals surface area contributed by atoms with Gasteiger partial charge in [-0.25, -0.2) is 13.9 Å². The van der Waals surface area contributed by atoms with Gasteiger partial charge in [0.05, 0.1) is 6.20 Å². The van der Waals surface area contributed by atoms with Crippen LogP contribution in [-0.2, 0) is 9.59 Å². The van der Waals surface area contributed by atoms with Crippen molar-refractivity contribution in [1.82, 2.24) is 19.9 Å². The van der Waals surface area contributed by atoms with Gasteiger partial charge in [0.1, 0.15) is 0 Å². The Morgan fingerprint density at radius 1 is 1.24 bits per heavy atom. The summed E-state index contributed by atoms with van der Waals surface area (Å²) in [4.78, 5) is 28.4. The summed E-state index contributed by atoms with van der Waals surface area (Å²) >= 11 is 5.15. The molecule has 190 valence electrons. The van der Waals surface area contributed by atoms with E-state index in [0.717, 1.165) is 18.4 Å². The summed E-state index contributed by atoms with van der Waals surface area (Å²) in [7, 11) is 0. The molecule has 9 nitrogen and oxygen atoms in total. The molecule has 3 N–H and O–H groups in total. The highest BCUT2D eigenvalue weighted by molar-refractivity contribution is 7.80. The zero-order valence-electron chi connectivity index (χ0n) is 20.0. The highest BCUT2D eigenvalue weighted by Crippen LogP contribution is 2.30. The van der Waals surface area contributed by atoms with Gasteiger partial charge in [-0.05, 0) is 50.2 Å². The zero-order valence-corrected chi connectivity index (χ0v) is 20.8. The van der Waals surface area contributed by atoms with E-state index < -0.39 is 5.82 Å². The van der Waals surface area contributed by atoms with Gasteiger partial charge < -0.3 is 20.7 Å². The maximum atomic E-state index is 14.7. The second-order valence-corrected chi connectivity index (χ2v) is 8.83. The molecule has 1 aromatic carbocycles. The number of rotatable bonds is 9. The molecule has 0 atom stereocenters. The molecule has 2 amide bonds. The smallest absolute Gasteiger partial charge is 0.237 e. The van der Waals surface area contributed by atoms with E-state index in [1.54, 1.807) is 48.7 Å². The van der Waals surface area contributed by atoms with Crippen molar-refractivity contribution < 1.29 is 18.7 Å². The molecule has 1 aliphatic carbocycles. The second-order valence-electron chi connectivity index (χ2n) is 8.42. The van der Waals surface area contributed by atoms with E-state index in [2.05, 4.69) is 32.6 Å². The minimum absolute atomic E-state index is 0.0457. The van der Waals surface area contributed by atoms with Gasteiger partial charge in [-0.2, -0.15) is 0 Å². The predicted molar refractivity (Wildman–Crippen MR) is 143 cm³/mol. The number of hydrogen-bond donors (Lipinski definition) is 3. The number of anilines is 2. The number of carbonyl (C=O) groups excluding carboxylic acids is 2. The normalized spacial score (nSPS) is 13.4. The first-order chi connectivity index (χ1) is 17.8. The Labute approximate surface area is 218 Å². The standard InChI is InChI=1S/C26H25FN6O3S/c1-3-4-5-6-16(2)13-23(34)31-26(37)28-18-9-10-20(19(27)14-18)36-24-12-11-22-29-21(15-33(22)32-24)30-25(35)17-7-8-17/h3-6,9-12,14-15,17H,1,7-8,13H2,2H3,(H,30,35)(H2,28,31,34,37)/b5-4-,16-6+. The lowest BCUT2D eigenvalue weighted by molar-refractivity contribution is -0.119. The molecule has 1 fully saturated rings. The summed E-state index contributed by atoms with van der Waals surface area (Å²) in [5, 5.41) is 12.4. The molecule has 3 aromatic rings. The average Bonchev–Trinajstić information content (AvgIpc) is 3.61. The first kappa shape index (κ1) is 25.7. The van der Waals surface area contributed by atoms with Crippen molar-refractivity contribution in [3.8, 4) is 11.6 Å². The second kappa shape index (κ2) is 11.6. The van der Waals surface area contributed by atoms with Crippen LogP contribution in [0.25, 0.3) is 5.65 Å². The van der Waals surface area contributed by atoms with E-state index in [0.29, 0.717) is 17.2 Å². The lowest BCUT2D eigenvalue weighted by atomic mass is 10.2. The van der Waals surface area contributed by atoms with E-state index >= 15 is 0 Å². The minimum atomic E-state index is -0.656. The Bertz CT molecular complexity index is 1430. The van der Waals surface area contributed by atoms with Crippen LogP contribution >= 0.6 is 12.2 Å². The van der Waals surface area contributed by atoms with Crippen LogP contribution in [0.15, 0.2) is 73.0 Å². The van der Waals surface area contributed by atoms with Crippen LogP contribution in [0.3, 0.4) is 0 Å². The van der Waals surface area contributed by atoms with Crippen molar-refractivity contribution in [3.05, 3.63) is 78.8 Å². The first-order valence-corrected chi connectivity index (χ1v) is 11.9. The van der Waals surface area contributed by atoms with Crippen LogP contribution in [0.4, 0.5) is 15.9 Å². The number of hydrogen-bond acceptors (Lipinski definition) is 6. The molecule has 0 radical (unpaired) electrons. The number of allylic oxidation sites excluding steroid dienone is 4. The summed E-state index contributed by atoms with van der Waals surface area (Å²) in [5.74, 6) is -0.479. The predicted octanol–water partition coefficient (Wildman–Crippen LogP) is 4.90. The Kier molecular flexibility index (Phi) is 8.04. The molecular weight excluding hydrogens is 495 g/mol. The molecule has 0 saturated heterocycles. The number of nitrogens with zero attached hydrogens (tertiary/aromatic N) is 3. The lowest BCUT2D eigenvalue weighted by Gasteiger charge is -2.11. The molecule has 0 bridgehead atoms. The fourth-order valence-electron chi connectivity index (χ4n) is 3.27. The topological polar surface area (TPSA) is 110 Å². The van der Waals surface area contributed by atoms with E-state index in [-0.39, 0.29) is 40.9 Å².